The largest absolute Gasteiger partial charge is 0.395 e. The summed E-state index contributed by atoms with van der Waals surface area (Å²) in [7, 11) is -2.14. The zero-order valence-corrected chi connectivity index (χ0v) is 12.9. The summed E-state index contributed by atoms with van der Waals surface area (Å²) in [5, 5.41) is 17.3. The molecule has 112 valence electrons. The van der Waals surface area contributed by atoms with Crippen molar-refractivity contribution < 1.29 is 13.5 Å². The lowest BCUT2D eigenvalue weighted by Crippen LogP contribution is -2.34. The lowest BCUT2D eigenvalue weighted by molar-refractivity contribution is 0.305. The molecule has 1 rings (SSSR count). The molecule has 5 nitrogen and oxygen atoms in total. The molecule has 21 heavy (non-hydrogen) atoms. The third-order valence-corrected chi connectivity index (χ3v) is 4.99. The average molecular weight is 306 g/mol. The number of sulfonamides is 1. The number of aliphatic hydroxyl groups excluding tert-OH is 1. The van der Waals surface area contributed by atoms with Crippen molar-refractivity contribution in [2.24, 2.45) is 0 Å². The molecule has 1 aromatic rings. The van der Waals surface area contributed by atoms with Crippen LogP contribution in [0.2, 0.25) is 0 Å². The van der Waals surface area contributed by atoms with Gasteiger partial charge in [-0.1, -0.05) is 11.8 Å². The Kier molecular flexibility index (Phi) is 6.39. The molecule has 1 N–H and O–H groups in total. The number of hydrogen-bond acceptors (Lipinski definition) is 4. The van der Waals surface area contributed by atoms with Gasteiger partial charge in [-0.3, -0.25) is 0 Å². The minimum atomic E-state index is -3.61. The Morgan fingerprint density at radius 1 is 1.33 bits per heavy atom. The fourth-order valence-corrected chi connectivity index (χ4v) is 2.96. The Balaban J connectivity index is 2.96. The van der Waals surface area contributed by atoms with Gasteiger partial charge >= 0.3 is 0 Å². The van der Waals surface area contributed by atoms with Crippen LogP contribution in [0, 0.1) is 23.2 Å². The van der Waals surface area contributed by atoms with Crippen LogP contribution in [0.1, 0.15) is 25.3 Å². The van der Waals surface area contributed by atoms with Gasteiger partial charge in [-0.15, -0.1) is 0 Å². The molecule has 0 aliphatic carbocycles. The molecule has 0 fully saturated rings. The van der Waals surface area contributed by atoms with Crippen LogP contribution in [0.15, 0.2) is 29.2 Å². The van der Waals surface area contributed by atoms with E-state index in [-0.39, 0.29) is 24.0 Å². The number of aliphatic hydroxyl groups is 1. The van der Waals surface area contributed by atoms with E-state index in [1.807, 2.05) is 6.07 Å². The first-order valence-electron chi connectivity index (χ1n) is 6.48. The van der Waals surface area contributed by atoms with Gasteiger partial charge in [0.2, 0.25) is 10.0 Å². The summed E-state index contributed by atoms with van der Waals surface area (Å²) in [4.78, 5) is 0.169. The quantitative estimate of drug-likeness (QED) is 0.832. The highest BCUT2D eigenvalue weighted by molar-refractivity contribution is 7.89. The third-order valence-electron chi connectivity index (χ3n) is 3.01. The second kappa shape index (κ2) is 7.80. The summed E-state index contributed by atoms with van der Waals surface area (Å²) in [5.41, 5.74) is 0.690. The molecule has 6 heteroatoms. The molecular weight excluding hydrogens is 288 g/mol. The van der Waals surface area contributed by atoms with Crippen LogP contribution in [-0.4, -0.2) is 37.5 Å². The van der Waals surface area contributed by atoms with Gasteiger partial charge in [0.05, 0.1) is 24.0 Å². The molecule has 0 bridgehead atoms. The lowest BCUT2D eigenvalue weighted by Gasteiger charge is -2.22. The van der Waals surface area contributed by atoms with Crippen LogP contribution in [-0.2, 0) is 10.0 Å². The molecule has 0 heterocycles. The standard InChI is InChI=1S/C15H18N2O3S/c1-13(10-11-16)17(2)21(19,20)15-8-6-14(7-9-15)5-3-4-12-18/h6-9,13,18H,4,10,12H2,1-2H3. The highest BCUT2D eigenvalue weighted by atomic mass is 32.2. The summed E-state index contributed by atoms with van der Waals surface area (Å²) in [6, 6.07) is 7.82. The molecule has 0 saturated heterocycles. The molecule has 0 radical (unpaired) electrons. The minimum Gasteiger partial charge on any atom is -0.395 e. The molecule has 0 saturated carbocycles. The van der Waals surface area contributed by atoms with Crippen LogP contribution in [0.4, 0.5) is 0 Å². The maximum absolute atomic E-state index is 12.4. The number of benzene rings is 1. The van der Waals surface area contributed by atoms with Gasteiger partial charge in [-0.2, -0.15) is 9.57 Å². The van der Waals surface area contributed by atoms with Gasteiger partial charge in [-0.25, -0.2) is 8.42 Å². The Morgan fingerprint density at radius 2 is 1.95 bits per heavy atom. The van der Waals surface area contributed by atoms with Crippen molar-refractivity contribution in [1.82, 2.24) is 4.31 Å². The van der Waals surface area contributed by atoms with Gasteiger partial charge in [0, 0.05) is 25.1 Å². The zero-order valence-electron chi connectivity index (χ0n) is 12.1. The first kappa shape index (κ1) is 17.2. The molecule has 1 aromatic carbocycles. The van der Waals surface area contributed by atoms with Crippen molar-refractivity contribution in [3.8, 4) is 17.9 Å². The van der Waals surface area contributed by atoms with E-state index in [0.29, 0.717) is 12.0 Å². The topological polar surface area (TPSA) is 81.4 Å². The zero-order chi connectivity index (χ0) is 15.9. The van der Waals surface area contributed by atoms with Gasteiger partial charge < -0.3 is 5.11 Å². The molecule has 1 unspecified atom stereocenters. The molecule has 1 atom stereocenters. The Hall–Kier alpha value is -1.86. The summed E-state index contributed by atoms with van der Waals surface area (Å²) in [5.74, 6) is 5.61. The van der Waals surface area contributed by atoms with Gasteiger partial charge in [0.25, 0.3) is 0 Å². The minimum absolute atomic E-state index is 0.00103. The van der Waals surface area contributed by atoms with Crippen LogP contribution in [0.3, 0.4) is 0 Å². The first-order chi connectivity index (χ1) is 9.93. The smallest absolute Gasteiger partial charge is 0.243 e. The van der Waals surface area contributed by atoms with Crippen molar-refractivity contribution in [2.75, 3.05) is 13.7 Å². The summed E-state index contributed by atoms with van der Waals surface area (Å²) in [6.45, 7) is 1.69. The Bertz CT molecular complexity index is 664. The highest BCUT2D eigenvalue weighted by Gasteiger charge is 2.24. The summed E-state index contributed by atoms with van der Waals surface area (Å²) >= 11 is 0. The molecule has 0 amide bonds. The fraction of sp³-hybridized carbons (Fsp3) is 0.400. The van der Waals surface area contributed by atoms with Gasteiger partial charge in [0.1, 0.15) is 0 Å². The maximum Gasteiger partial charge on any atom is 0.243 e. The number of rotatable bonds is 5. The highest BCUT2D eigenvalue weighted by Crippen LogP contribution is 2.18. The van der Waals surface area contributed by atoms with E-state index in [2.05, 4.69) is 11.8 Å². The van der Waals surface area contributed by atoms with E-state index < -0.39 is 10.0 Å². The maximum atomic E-state index is 12.4. The predicted molar refractivity (Wildman–Crippen MR) is 79.7 cm³/mol. The van der Waals surface area contributed by atoms with Gasteiger partial charge in [-0.05, 0) is 31.2 Å². The molecule has 0 spiro atoms. The fourth-order valence-electron chi connectivity index (χ4n) is 1.59. The van der Waals surface area contributed by atoms with Crippen molar-refractivity contribution in [1.29, 1.82) is 5.26 Å². The van der Waals surface area contributed by atoms with E-state index in [4.69, 9.17) is 10.4 Å². The van der Waals surface area contributed by atoms with Gasteiger partial charge in [0.15, 0.2) is 0 Å². The molecular formula is C15H18N2O3S. The Morgan fingerprint density at radius 3 is 2.48 bits per heavy atom. The summed E-state index contributed by atoms with van der Waals surface area (Å²) in [6.07, 6.45) is 0.523. The van der Waals surface area contributed by atoms with E-state index in [1.165, 1.54) is 23.5 Å². The van der Waals surface area contributed by atoms with Crippen LogP contribution < -0.4 is 0 Å². The average Bonchev–Trinajstić information content (AvgIpc) is 2.47. The lowest BCUT2D eigenvalue weighted by atomic mass is 10.2. The third kappa shape index (κ3) is 4.57. The van der Waals surface area contributed by atoms with Crippen molar-refractivity contribution in [3.63, 3.8) is 0 Å². The number of hydrogen-bond donors (Lipinski definition) is 1. The molecule has 0 aromatic heterocycles. The summed E-state index contributed by atoms with van der Waals surface area (Å²) < 4.78 is 25.9. The van der Waals surface area contributed by atoms with E-state index in [0.717, 1.165) is 0 Å². The van der Waals surface area contributed by atoms with Crippen LogP contribution >= 0.6 is 0 Å². The van der Waals surface area contributed by atoms with E-state index in [9.17, 15) is 8.42 Å². The second-order valence-corrected chi connectivity index (χ2v) is 6.53. The van der Waals surface area contributed by atoms with Crippen molar-refractivity contribution in [2.45, 2.75) is 30.7 Å². The van der Waals surface area contributed by atoms with Crippen LogP contribution in [0.25, 0.3) is 0 Å². The van der Waals surface area contributed by atoms with Crippen LogP contribution in [0.5, 0.6) is 0 Å². The molecule has 0 aliphatic rings. The van der Waals surface area contributed by atoms with E-state index >= 15 is 0 Å². The number of nitriles is 1. The van der Waals surface area contributed by atoms with Crippen molar-refractivity contribution >= 4 is 10.0 Å². The Labute approximate surface area is 125 Å². The molecule has 0 aliphatic heterocycles. The SMILES string of the molecule is CC(CC#N)N(C)S(=O)(=O)c1ccc(C#CCCO)cc1. The number of nitrogens with zero attached hydrogens (tertiary/aromatic N) is 2. The van der Waals surface area contributed by atoms with E-state index in [1.54, 1.807) is 19.1 Å². The first-order valence-corrected chi connectivity index (χ1v) is 7.92. The monoisotopic (exact) mass is 306 g/mol. The predicted octanol–water partition coefficient (Wildman–Crippen LogP) is 1.34. The second-order valence-electron chi connectivity index (χ2n) is 4.53. The van der Waals surface area contributed by atoms with Crippen molar-refractivity contribution in [3.05, 3.63) is 29.8 Å². The normalized spacial score (nSPS) is 12.3.